The van der Waals surface area contributed by atoms with Crippen molar-refractivity contribution in [3.05, 3.63) is 120 Å². The summed E-state index contributed by atoms with van der Waals surface area (Å²) in [5, 5.41) is 4.26. The fourth-order valence-electron chi connectivity index (χ4n) is 5.71. The average Bonchev–Trinajstić information content (AvgIpc) is 3.85. The maximum absolute atomic E-state index is 6.50. The quantitative estimate of drug-likeness (QED) is 0.211. The second-order valence-corrected chi connectivity index (χ2v) is 11.7. The van der Waals surface area contributed by atoms with Gasteiger partial charge >= 0.3 is 0 Å². The van der Waals surface area contributed by atoms with E-state index in [4.69, 9.17) is 14.2 Å². The minimum Gasteiger partial charge on any atom is -0.491 e. The van der Waals surface area contributed by atoms with E-state index < -0.39 is 5.79 Å². The van der Waals surface area contributed by atoms with Gasteiger partial charge in [0.05, 0.1) is 6.61 Å². The molecule has 3 aromatic carbocycles. The Bertz CT molecular complexity index is 1590. The molecule has 2 saturated heterocycles. The minimum atomic E-state index is -0.959. The molecule has 2 aromatic heterocycles. The smallest absolute Gasteiger partial charge is 0.215 e. The lowest BCUT2D eigenvalue weighted by molar-refractivity contribution is -0.190. The van der Waals surface area contributed by atoms with Gasteiger partial charge in [-0.2, -0.15) is 5.10 Å². The standard InChI is InChI=1S/C33H33BrN6O3/c34-27-5-3-26(4-6-27)33(23-40-25-35-24-36-40)42-22-32(43-33)21-41-31-13-11-30(12-14-31)39-19-17-38(18-20-39)29-9-7-28(8-10-29)37-15-1-2-16-37/h1-16,24-25,32H,17-23H2. The van der Waals surface area contributed by atoms with Crippen LogP contribution in [0.3, 0.4) is 0 Å². The molecule has 2 aliphatic heterocycles. The van der Waals surface area contributed by atoms with Gasteiger partial charge < -0.3 is 28.6 Å². The number of aromatic nitrogens is 4. The molecule has 0 N–H and O–H groups in total. The number of nitrogens with zero attached hydrogens (tertiary/aromatic N) is 6. The number of rotatable bonds is 9. The van der Waals surface area contributed by atoms with Crippen molar-refractivity contribution in [2.24, 2.45) is 0 Å². The zero-order valence-corrected chi connectivity index (χ0v) is 25.3. The number of ether oxygens (including phenoxy) is 3. The van der Waals surface area contributed by atoms with Gasteiger partial charge in [-0.3, -0.25) is 0 Å². The maximum atomic E-state index is 6.50. The van der Waals surface area contributed by atoms with Gasteiger partial charge in [-0.1, -0.05) is 28.1 Å². The maximum Gasteiger partial charge on any atom is 0.215 e. The lowest BCUT2D eigenvalue weighted by Crippen LogP contribution is -2.46. The van der Waals surface area contributed by atoms with Crippen LogP contribution in [-0.2, 0) is 21.8 Å². The molecule has 2 unspecified atom stereocenters. The van der Waals surface area contributed by atoms with Crippen LogP contribution >= 0.6 is 15.9 Å². The van der Waals surface area contributed by atoms with Crippen LogP contribution in [0, 0.1) is 0 Å². The Hall–Kier alpha value is -4.12. The molecule has 2 fully saturated rings. The van der Waals surface area contributed by atoms with Crippen molar-refractivity contribution in [3.8, 4) is 11.4 Å². The normalized spacial score (nSPS) is 20.4. The molecule has 0 amide bonds. The highest BCUT2D eigenvalue weighted by Gasteiger charge is 2.44. The fourth-order valence-corrected chi connectivity index (χ4v) is 5.98. The Morgan fingerprint density at radius 3 is 2.07 bits per heavy atom. The zero-order valence-electron chi connectivity index (χ0n) is 23.7. The first-order chi connectivity index (χ1) is 21.1. The van der Waals surface area contributed by atoms with E-state index >= 15 is 0 Å². The Balaban J connectivity index is 0.925. The van der Waals surface area contributed by atoms with Gasteiger partial charge in [0.2, 0.25) is 5.79 Å². The third-order valence-electron chi connectivity index (χ3n) is 8.02. The van der Waals surface area contributed by atoms with Crippen molar-refractivity contribution in [2.45, 2.75) is 18.4 Å². The molecule has 2 aliphatic rings. The van der Waals surface area contributed by atoms with Crippen LogP contribution in [0.2, 0.25) is 0 Å². The number of hydrogen-bond acceptors (Lipinski definition) is 7. The molecular formula is C33H33BrN6O3. The van der Waals surface area contributed by atoms with Gasteiger partial charge in [0.1, 0.15) is 37.7 Å². The summed E-state index contributed by atoms with van der Waals surface area (Å²) in [5.74, 6) is -0.148. The Morgan fingerprint density at radius 2 is 1.44 bits per heavy atom. The van der Waals surface area contributed by atoms with E-state index in [0.29, 0.717) is 19.8 Å². The highest BCUT2D eigenvalue weighted by molar-refractivity contribution is 9.10. The van der Waals surface area contributed by atoms with Crippen molar-refractivity contribution in [2.75, 3.05) is 49.2 Å². The Morgan fingerprint density at radius 1 is 0.814 bits per heavy atom. The number of hydrogen-bond donors (Lipinski definition) is 0. The summed E-state index contributed by atoms with van der Waals surface area (Å²) in [6.07, 6.45) is 7.09. The topological polar surface area (TPSA) is 69.8 Å². The number of halogens is 1. The van der Waals surface area contributed by atoms with Crippen molar-refractivity contribution < 1.29 is 14.2 Å². The predicted octanol–water partition coefficient (Wildman–Crippen LogP) is 5.51. The first-order valence-electron chi connectivity index (χ1n) is 14.5. The molecule has 9 nitrogen and oxygen atoms in total. The van der Waals surface area contributed by atoms with Crippen LogP contribution in [-0.4, -0.2) is 64.8 Å². The molecular weight excluding hydrogens is 608 g/mol. The molecule has 220 valence electrons. The summed E-state index contributed by atoms with van der Waals surface area (Å²) >= 11 is 3.51. The SMILES string of the molecule is Brc1ccc(C2(Cn3cncn3)OCC(COc3ccc(N4CCN(c5ccc(-n6cccc6)cc5)CC4)cc3)O2)cc1. The van der Waals surface area contributed by atoms with Crippen LogP contribution in [0.5, 0.6) is 5.75 Å². The van der Waals surface area contributed by atoms with Crippen molar-refractivity contribution >= 4 is 27.3 Å². The minimum absolute atomic E-state index is 0.225. The van der Waals surface area contributed by atoms with Gasteiger partial charge in [0.25, 0.3) is 0 Å². The highest BCUT2D eigenvalue weighted by Crippen LogP contribution is 2.37. The lowest BCUT2D eigenvalue weighted by Gasteiger charge is -2.37. The van der Waals surface area contributed by atoms with Gasteiger partial charge in [-0.15, -0.1) is 0 Å². The fraction of sp³-hybridized carbons (Fsp3) is 0.273. The van der Waals surface area contributed by atoms with Crippen LogP contribution in [0.1, 0.15) is 5.56 Å². The Kier molecular flexibility index (Phi) is 7.88. The molecule has 43 heavy (non-hydrogen) atoms. The summed E-state index contributed by atoms with van der Waals surface area (Å²) in [7, 11) is 0. The van der Waals surface area contributed by atoms with Crippen LogP contribution in [0.25, 0.3) is 5.69 Å². The van der Waals surface area contributed by atoms with Gasteiger partial charge in [-0.25, -0.2) is 9.67 Å². The number of anilines is 2. The summed E-state index contributed by atoms with van der Waals surface area (Å²) in [6.45, 7) is 5.10. The lowest BCUT2D eigenvalue weighted by atomic mass is 10.1. The first-order valence-corrected chi connectivity index (χ1v) is 15.3. The average molecular weight is 642 g/mol. The van der Waals surface area contributed by atoms with E-state index in [1.54, 1.807) is 11.0 Å². The molecule has 0 bridgehead atoms. The van der Waals surface area contributed by atoms with Crippen LogP contribution in [0.15, 0.2) is 114 Å². The molecule has 0 spiro atoms. The van der Waals surface area contributed by atoms with Crippen LogP contribution < -0.4 is 14.5 Å². The first kappa shape index (κ1) is 27.7. The largest absolute Gasteiger partial charge is 0.491 e. The van der Waals surface area contributed by atoms with Crippen LogP contribution in [0.4, 0.5) is 11.4 Å². The summed E-state index contributed by atoms with van der Waals surface area (Å²) < 4.78 is 23.8. The predicted molar refractivity (Wildman–Crippen MR) is 169 cm³/mol. The molecule has 7 rings (SSSR count). The summed E-state index contributed by atoms with van der Waals surface area (Å²) in [6, 6.07) is 29.2. The van der Waals surface area contributed by atoms with Crippen molar-refractivity contribution in [3.63, 3.8) is 0 Å². The van der Waals surface area contributed by atoms with Crippen molar-refractivity contribution in [1.82, 2.24) is 19.3 Å². The second kappa shape index (κ2) is 12.2. The van der Waals surface area contributed by atoms with Gasteiger partial charge in [-0.05, 0) is 72.8 Å². The third kappa shape index (κ3) is 6.17. The summed E-state index contributed by atoms with van der Waals surface area (Å²) in [5.41, 5.74) is 4.57. The molecule has 0 saturated carbocycles. The van der Waals surface area contributed by atoms with E-state index in [2.05, 4.69) is 89.2 Å². The molecule has 0 aliphatic carbocycles. The Labute approximate surface area is 259 Å². The van der Waals surface area contributed by atoms with E-state index in [9.17, 15) is 0 Å². The monoisotopic (exact) mass is 640 g/mol. The van der Waals surface area contributed by atoms with Gasteiger partial charge in [0, 0.05) is 65.7 Å². The van der Waals surface area contributed by atoms with E-state index in [1.807, 2.05) is 48.5 Å². The van der Waals surface area contributed by atoms with E-state index in [-0.39, 0.29) is 6.10 Å². The number of benzene rings is 3. The molecule has 0 radical (unpaired) electrons. The zero-order chi connectivity index (χ0) is 29.1. The molecule has 5 aromatic rings. The van der Waals surface area contributed by atoms with E-state index in [1.165, 1.54) is 23.4 Å². The summed E-state index contributed by atoms with van der Waals surface area (Å²) in [4.78, 5) is 8.95. The second-order valence-electron chi connectivity index (χ2n) is 10.8. The van der Waals surface area contributed by atoms with E-state index in [0.717, 1.165) is 42.0 Å². The molecule has 10 heteroatoms. The number of piperazine rings is 1. The molecule has 4 heterocycles. The third-order valence-corrected chi connectivity index (χ3v) is 8.54. The van der Waals surface area contributed by atoms with Crippen molar-refractivity contribution in [1.29, 1.82) is 0 Å². The highest BCUT2D eigenvalue weighted by atomic mass is 79.9. The molecule has 2 atom stereocenters. The van der Waals surface area contributed by atoms with Gasteiger partial charge in [0.15, 0.2) is 0 Å².